The summed E-state index contributed by atoms with van der Waals surface area (Å²) in [6.07, 6.45) is 1.12. The van der Waals surface area contributed by atoms with Gasteiger partial charge in [0, 0.05) is 13.1 Å². The second-order valence-electron chi connectivity index (χ2n) is 5.97. The number of hydrogen-bond donors (Lipinski definition) is 1. The van der Waals surface area contributed by atoms with Gasteiger partial charge >= 0.3 is 5.97 Å². The Labute approximate surface area is 142 Å². The van der Waals surface area contributed by atoms with Crippen molar-refractivity contribution in [3.63, 3.8) is 0 Å². The fraction of sp³-hybridized carbons (Fsp3) is 0.500. The van der Waals surface area contributed by atoms with Gasteiger partial charge in [0.25, 0.3) is 11.5 Å². The van der Waals surface area contributed by atoms with Crippen LogP contribution in [0.4, 0.5) is 0 Å². The molecule has 1 saturated heterocycles. The summed E-state index contributed by atoms with van der Waals surface area (Å²) < 4.78 is 5.33. The molecule has 7 nitrogen and oxygen atoms in total. The summed E-state index contributed by atoms with van der Waals surface area (Å²) in [6, 6.07) is 0. The highest BCUT2D eigenvalue weighted by molar-refractivity contribution is 7.20. The van der Waals surface area contributed by atoms with E-state index in [0.717, 1.165) is 24.2 Å². The predicted octanol–water partition coefficient (Wildman–Crippen LogP) is 1.77. The van der Waals surface area contributed by atoms with Crippen molar-refractivity contribution < 1.29 is 14.3 Å². The molecule has 0 aromatic carbocycles. The van der Waals surface area contributed by atoms with Gasteiger partial charge in [0.15, 0.2) is 6.10 Å². The third-order valence-electron chi connectivity index (χ3n) is 4.15. The van der Waals surface area contributed by atoms with Crippen LogP contribution in [0.1, 0.15) is 40.8 Å². The number of fused-ring (bicyclic) bond motifs is 1. The monoisotopic (exact) mass is 349 g/mol. The number of amides is 1. The molecule has 3 rings (SSSR count). The molecule has 2 aromatic heterocycles. The summed E-state index contributed by atoms with van der Waals surface area (Å²) in [5.41, 5.74) is 0.265. The first kappa shape index (κ1) is 16.6. The molecule has 1 atom stereocenters. The first-order chi connectivity index (χ1) is 11.4. The average Bonchev–Trinajstić information content (AvgIpc) is 3.14. The number of esters is 1. The molecule has 1 unspecified atom stereocenters. The zero-order chi connectivity index (χ0) is 17.4. The predicted molar refractivity (Wildman–Crippen MR) is 90.4 cm³/mol. The summed E-state index contributed by atoms with van der Waals surface area (Å²) in [4.78, 5) is 46.2. The molecule has 1 aliphatic heterocycles. The standard InChI is InChI=1S/C16H19N3O4S/c1-8-11-13(20)17-10(3)18-14(11)24-12(8)16(22)23-9(2)15(21)19-6-4-5-7-19/h9H,4-7H2,1-3H3,(H,17,18,20). The van der Waals surface area contributed by atoms with Crippen molar-refractivity contribution >= 4 is 33.4 Å². The molecule has 0 aliphatic carbocycles. The second-order valence-corrected chi connectivity index (χ2v) is 6.97. The lowest BCUT2D eigenvalue weighted by Crippen LogP contribution is -2.38. The number of aryl methyl sites for hydroxylation is 2. The van der Waals surface area contributed by atoms with Crippen LogP contribution in [-0.2, 0) is 9.53 Å². The Morgan fingerprint density at radius 1 is 1.29 bits per heavy atom. The molecule has 0 radical (unpaired) electrons. The normalized spacial score (nSPS) is 15.7. The largest absolute Gasteiger partial charge is 0.448 e. The van der Waals surface area contributed by atoms with Crippen molar-refractivity contribution in [3.8, 4) is 0 Å². The zero-order valence-corrected chi connectivity index (χ0v) is 14.7. The van der Waals surface area contributed by atoms with E-state index in [0.29, 0.717) is 39.6 Å². The maximum absolute atomic E-state index is 12.4. The molecule has 0 bridgehead atoms. The number of nitrogens with zero attached hydrogens (tertiary/aromatic N) is 2. The Morgan fingerprint density at radius 2 is 1.96 bits per heavy atom. The second kappa shape index (κ2) is 6.35. The van der Waals surface area contributed by atoms with Crippen LogP contribution in [0.3, 0.4) is 0 Å². The number of thiophene rings is 1. The molecule has 0 saturated carbocycles. The minimum absolute atomic E-state index is 0.175. The highest BCUT2D eigenvalue weighted by atomic mass is 32.1. The van der Waals surface area contributed by atoms with Crippen LogP contribution >= 0.6 is 11.3 Å². The Balaban J connectivity index is 1.83. The summed E-state index contributed by atoms with van der Waals surface area (Å²) >= 11 is 1.12. The lowest BCUT2D eigenvalue weighted by Gasteiger charge is -2.20. The highest BCUT2D eigenvalue weighted by Crippen LogP contribution is 2.28. The quantitative estimate of drug-likeness (QED) is 0.853. The molecule has 3 heterocycles. The Kier molecular flexibility index (Phi) is 4.40. The number of carbonyl (C=O) groups excluding carboxylic acids is 2. The molecular formula is C16H19N3O4S. The summed E-state index contributed by atoms with van der Waals surface area (Å²) in [7, 11) is 0. The molecule has 1 aliphatic rings. The maximum Gasteiger partial charge on any atom is 0.349 e. The van der Waals surface area contributed by atoms with E-state index in [1.807, 2.05) is 0 Å². The van der Waals surface area contributed by atoms with Crippen molar-refractivity contribution in [2.45, 2.75) is 39.7 Å². The number of aromatic amines is 1. The van der Waals surface area contributed by atoms with Crippen LogP contribution in [0.2, 0.25) is 0 Å². The van der Waals surface area contributed by atoms with E-state index in [1.54, 1.807) is 25.7 Å². The maximum atomic E-state index is 12.4. The first-order valence-electron chi connectivity index (χ1n) is 7.88. The van der Waals surface area contributed by atoms with Gasteiger partial charge in [0.1, 0.15) is 15.5 Å². The van der Waals surface area contributed by atoms with Gasteiger partial charge in [-0.1, -0.05) is 0 Å². The third kappa shape index (κ3) is 2.93. The smallest absolute Gasteiger partial charge is 0.349 e. The molecular weight excluding hydrogens is 330 g/mol. The van der Waals surface area contributed by atoms with Crippen LogP contribution in [0.15, 0.2) is 4.79 Å². The van der Waals surface area contributed by atoms with Crippen LogP contribution < -0.4 is 5.56 Å². The van der Waals surface area contributed by atoms with Gasteiger partial charge in [-0.05, 0) is 39.2 Å². The molecule has 8 heteroatoms. The number of carbonyl (C=O) groups is 2. The van der Waals surface area contributed by atoms with E-state index in [1.165, 1.54) is 0 Å². The Hall–Kier alpha value is -2.22. The number of likely N-dealkylation sites (tertiary alicyclic amines) is 1. The van der Waals surface area contributed by atoms with Gasteiger partial charge in [-0.3, -0.25) is 9.59 Å². The van der Waals surface area contributed by atoms with Crippen LogP contribution in [0.5, 0.6) is 0 Å². The molecule has 1 fully saturated rings. The van der Waals surface area contributed by atoms with E-state index in [2.05, 4.69) is 9.97 Å². The number of rotatable bonds is 3. The summed E-state index contributed by atoms with van der Waals surface area (Å²) in [6.45, 7) is 6.37. The minimum atomic E-state index is -0.840. The van der Waals surface area contributed by atoms with E-state index < -0.39 is 12.1 Å². The lowest BCUT2D eigenvalue weighted by molar-refractivity contribution is -0.138. The minimum Gasteiger partial charge on any atom is -0.448 e. The molecule has 0 spiro atoms. The molecule has 128 valence electrons. The number of nitrogens with one attached hydrogen (secondary N) is 1. The van der Waals surface area contributed by atoms with Crippen LogP contribution in [-0.4, -0.2) is 45.9 Å². The van der Waals surface area contributed by atoms with E-state index >= 15 is 0 Å². The lowest BCUT2D eigenvalue weighted by atomic mass is 10.2. The van der Waals surface area contributed by atoms with Gasteiger partial charge in [-0.25, -0.2) is 9.78 Å². The van der Waals surface area contributed by atoms with Gasteiger partial charge in [0.05, 0.1) is 5.39 Å². The fourth-order valence-corrected chi connectivity index (χ4v) is 4.02. The average molecular weight is 349 g/mol. The van der Waals surface area contributed by atoms with E-state index in [4.69, 9.17) is 4.74 Å². The first-order valence-corrected chi connectivity index (χ1v) is 8.70. The Morgan fingerprint density at radius 3 is 2.62 bits per heavy atom. The third-order valence-corrected chi connectivity index (χ3v) is 5.32. The number of H-pyrrole nitrogens is 1. The Bertz CT molecular complexity index is 864. The number of aromatic nitrogens is 2. The van der Waals surface area contributed by atoms with Gasteiger partial charge in [-0.2, -0.15) is 0 Å². The van der Waals surface area contributed by atoms with Crippen molar-refractivity contribution in [2.75, 3.05) is 13.1 Å². The number of ether oxygens (including phenoxy) is 1. The van der Waals surface area contributed by atoms with E-state index in [-0.39, 0.29) is 11.5 Å². The van der Waals surface area contributed by atoms with Crippen molar-refractivity contribution in [1.29, 1.82) is 0 Å². The SMILES string of the molecule is Cc1nc2sc(C(=O)OC(C)C(=O)N3CCCC3)c(C)c2c(=O)[nH]1. The van der Waals surface area contributed by atoms with Crippen LogP contribution in [0, 0.1) is 13.8 Å². The van der Waals surface area contributed by atoms with Gasteiger partial charge in [-0.15, -0.1) is 11.3 Å². The molecule has 2 aromatic rings. The van der Waals surface area contributed by atoms with Crippen molar-refractivity contribution in [1.82, 2.24) is 14.9 Å². The van der Waals surface area contributed by atoms with Crippen molar-refractivity contribution in [2.24, 2.45) is 0 Å². The van der Waals surface area contributed by atoms with Gasteiger partial charge < -0.3 is 14.6 Å². The van der Waals surface area contributed by atoms with E-state index in [9.17, 15) is 14.4 Å². The molecule has 1 amide bonds. The van der Waals surface area contributed by atoms with Crippen LogP contribution in [0.25, 0.3) is 10.2 Å². The van der Waals surface area contributed by atoms with Crippen molar-refractivity contribution in [3.05, 3.63) is 26.6 Å². The topological polar surface area (TPSA) is 92.4 Å². The summed E-state index contributed by atoms with van der Waals surface area (Å²) in [5, 5.41) is 0.399. The molecule has 24 heavy (non-hydrogen) atoms. The van der Waals surface area contributed by atoms with Gasteiger partial charge in [0.2, 0.25) is 0 Å². The zero-order valence-electron chi connectivity index (χ0n) is 13.8. The number of hydrogen-bond acceptors (Lipinski definition) is 6. The fourth-order valence-electron chi connectivity index (χ4n) is 2.91. The molecule has 1 N–H and O–H groups in total. The summed E-state index contributed by atoms with van der Waals surface area (Å²) in [5.74, 6) is -0.273. The highest BCUT2D eigenvalue weighted by Gasteiger charge is 2.28.